The number of benzene rings is 2. The summed E-state index contributed by atoms with van der Waals surface area (Å²) in [5.74, 6) is 1.15. The second-order valence-corrected chi connectivity index (χ2v) is 6.14. The topological polar surface area (TPSA) is 56.8 Å². The van der Waals surface area contributed by atoms with Gasteiger partial charge in [-0.25, -0.2) is 0 Å². The van der Waals surface area contributed by atoms with E-state index in [2.05, 4.69) is 5.32 Å². The molecule has 1 N–H and O–H groups in total. The Morgan fingerprint density at radius 3 is 2.68 bits per heavy atom. The molecule has 25 heavy (non-hydrogen) atoms. The van der Waals surface area contributed by atoms with Gasteiger partial charge in [0.2, 0.25) is 0 Å². The first kappa shape index (κ1) is 17.6. The van der Waals surface area contributed by atoms with Crippen molar-refractivity contribution in [3.05, 3.63) is 58.1 Å². The van der Waals surface area contributed by atoms with E-state index < -0.39 is 0 Å². The highest BCUT2D eigenvalue weighted by Crippen LogP contribution is 2.38. The van der Waals surface area contributed by atoms with Gasteiger partial charge in [-0.15, -0.1) is 0 Å². The van der Waals surface area contributed by atoms with Crippen LogP contribution >= 0.6 is 11.6 Å². The molecule has 0 aromatic heterocycles. The van der Waals surface area contributed by atoms with E-state index in [1.54, 1.807) is 19.2 Å². The molecule has 0 atom stereocenters. The van der Waals surface area contributed by atoms with E-state index in [1.807, 2.05) is 24.3 Å². The first-order chi connectivity index (χ1) is 12.2. The van der Waals surface area contributed by atoms with Crippen LogP contribution in [0.4, 0.5) is 0 Å². The van der Waals surface area contributed by atoms with Gasteiger partial charge in [0.15, 0.2) is 11.5 Å². The average molecular weight is 362 g/mol. The Balaban J connectivity index is 1.55. The van der Waals surface area contributed by atoms with E-state index in [4.69, 9.17) is 25.8 Å². The molecule has 0 unspecified atom stereocenters. The number of carbonyl (C=O) groups excluding carboxylic acids is 1. The molecule has 1 aliphatic heterocycles. The van der Waals surface area contributed by atoms with E-state index in [0.717, 1.165) is 11.1 Å². The Hall–Kier alpha value is -2.24. The minimum absolute atomic E-state index is 0.104. The zero-order valence-corrected chi connectivity index (χ0v) is 14.8. The molecule has 1 amide bonds. The minimum Gasteiger partial charge on any atom is -0.486 e. The van der Waals surface area contributed by atoms with Gasteiger partial charge in [0.1, 0.15) is 13.2 Å². The van der Waals surface area contributed by atoms with Gasteiger partial charge < -0.3 is 19.5 Å². The number of ether oxygens (including phenoxy) is 3. The standard InChI is InChI=1S/C19H20ClNO4/c1-23-12-13-2-4-15(5-3-13)19(22)21-7-6-14-10-16(20)18-17(11-14)24-8-9-25-18/h2-5,10-11H,6-9,12H2,1H3,(H,21,22). The molecule has 1 aliphatic rings. The maximum Gasteiger partial charge on any atom is 0.251 e. The summed E-state index contributed by atoms with van der Waals surface area (Å²) < 4.78 is 16.1. The van der Waals surface area contributed by atoms with Crippen molar-refractivity contribution in [1.82, 2.24) is 5.32 Å². The van der Waals surface area contributed by atoms with Crippen LogP contribution in [0.15, 0.2) is 36.4 Å². The smallest absolute Gasteiger partial charge is 0.251 e. The fourth-order valence-corrected chi connectivity index (χ4v) is 2.94. The van der Waals surface area contributed by atoms with Crippen LogP contribution in [0.3, 0.4) is 0 Å². The quantitative estimate of drug-likeness (QED) is 0.858. The second kappa shape index (κ2) is 8.23. The zero-order chi connectivity index (χ0) is 17.6. The van der Waals surface area contributed by atoms with Crippen LogP contribution in [0, 0.1) is 0 Å². The van der Waals surface area contributed by atoms with Crippen molar-refractivity contribution in [2.24, 2.45) is 0 Å². The lowest BCUT2D eigenvalue weighted by atomic mass is 10.1. The van der Waals surface area contributed by atoms with Crippen molar-refractivity contribution in [2.45, 2.75) is 13.0 Å². The van der Waals surface area contributed by atoms with E-state index in [-0.39, 0.29) is 5.91 Å². The lowest BCUT2D eigenvalue weighted by Gasteiger charge is -2.20. The summed E-state index contributed by atoms with van der Waals surface area (Å²) in [6.45, 7) is 2.06. The maximum atomic E-state index is 12.2. The van der Waals surface area contributed by atoms with Crippen LogP contribution in [0.5, 0.6) is 11.5 Å². The van der Waals surface area contributed by atoms with Gasteiger partial charge in [0.25, 0.3) is 5.91 Å². The third-order valence-electron chi connectivity index (χ3n) is 3.88. The third-order valence-corrected chi connectivity index (χ3v) is 4.16. The number of methoxy groups -OCH3 is 1. The summed E-state index contributed by atoms with van der Waals surface area (Å²) in [5, 5.41) is 3.45. The van der Waals surface area contributed by atoms with Crippen LogP contribution in [-0.2, 0) is 17.8 Å². The minimum atomic E-state index is -0.104. The van der Waals surface area contributed by atoms with Gasteiger partial charge in [-0.3, -0.25) is 4.79 Å². The number of hydrogen-bond acceptors (Lipinski definition) is 4. The number of carbonyl (C=O) groups is 1. The summed E-state index contributed by atoms with van der Waals surface area (Å²) in [6.07, 6.45) is 0.657. The van der Waals surface area contributed by atoms with Crippen molar-refractivity contribution < 1.29 is 19.0 Å². The summed E-state index contributed by atoms with van der Waals surface area (Å²) in [7, 11) is 1.64. The first-order valence-corrected chi connectivity index (χ1v) is 8.49. The van der Waals surface area contributed by atoms with Crippen molar-refractivity contribution in [2.75, 3.05) is 26.9 Å². The average Bonchev–Trinajstić information content (AvgIpc) is 2.62. The molecular weight excluding hydrogens is 342 g/mol. The summed E-state index contributed by atoms with van der Waals surface area (Å²) in [5.41, 5.74) is 2.65. The van der Waals surface area contributed by atoms with Crippen molar-refractivity contribution >= 4 is 17.5 Å². The Kier molecular flexibility index (Phi) is 5.79. The number of nitrogens with one attached hydrogen (secondary N) is 1. The monoisotopic (exact) mass is 361 g/mol. The molecule has 6 heteroatoms. The van der Waals surface area contributed by atoms with Crippen LogP contribution in [0.1, 0.15) is 21.5 Å². The molecule has 2 aromatic rings. The number of amides is 1. The Labute approximate surface area is 151 Å². The number of halogens is 1. The molecular formula is C19H20ClNO4. The molecule has 3 rings (SSSR count). The van der Waals surface area contributed by atoms with Crippen LogP contribution < -0.4 is 14.8 Å². The molecule has 0 aliphatic carbocycles. The maximum absolute atomic E-state index is 12.2. The van der Waals surface area contributed by atoms with Gasteiger partial charge in [0, 0.05) is 19.2 Å². The molecule has 2 aromatic carbocycles. The predicted molar refractivity (Wildman–Crippen MR) is 95.6 cm³/mol. The Morgan fingerprint density at radius 2 is 1.92 bits per heavy atom. The predicted octanol–water partition coefficient (Wildman–Crippen LogP) is 3.23. The van der Waals surface area contributed by atoms with E-state index in [1.165, 1.54) is 0 Å². The fourth-order valence-electron chi connectivity index (χ4n) is 2.65. The summed E-state index contributed by atoms with van der Waals surface area (Å²) >= 11 is 6.22. The van der Waals surface area contributed by atoms with E-state index in [9.17, 15) is 4.79 Å². The third kappa shape index (κ3) is 4.44. The lowest BCUT2D eigenvalue weighted by molar-refractivity contribution is 0.0954. The van der Waals surface area contributed by atoms with Gasteiger partial charge in [-0.05, 0) is 41.8 Å². The van der Waals surface area contributed by atoms with Crippen molar-refractivity contribution in [3.8, 4) is 11.5 Å². The van der Waals surface area contributed by atoms with Crippen LogP contribution in [-0.4, -0.2) is 32.8 Å². The van der Waals surface area contributed by atoms with Gasteiger partial charge in [0.05, 0.1) is 11.6 Å². The Morgan fingerprint density at radius 1 is 1.16 bits per heavy atom. The SMILES string of the molecule is COCc1ccc(C(=O)NCCc2cc(Cl)c3c(c2)OCCO3)cc1. The van der Waals surface area contributed by atoms with Crippen LogP contribution in [0.25, 0.3) is 0 Å². The molecule has 5 nitrogen and oxygen atoms in total. The molecule has 132 valence electrons. The lowest BCUT2D eigenvalue weighted by Crippen LogP contribution is -2.25. The largest absolute Gasteiger partial charge is 0.486 e. The highest BCUT2D eigenvalue weighted by Gasteiger charge is 2.16. The molecule has 0 radical (unpaired) electrons. The zero-order valence-electron chi connectivity index (χ0n) is 14.0. The van der Waals surface area contributed by atoms with Gasteiger partial charge >= 0.3 is 0 Å². The first-order valence-electron chi connectivity index (χ1n) is 8.11. The van der Waals surface area contributed by atoms with Crippen LogP contribution in [0.2, 0.25) is 5.02 Å². The second-order valence-electron chi connectivity index (χ2n) is 5.74. The summed E-state index contributed by atoms with van der Waals surface area (Å²) in [6, 6.07) is 11.1. The number of hydrogen-bond donors (Lipinski definition) is 1. The van der Waals surface area contributed by atoms with E-state index >= 15 is 0 Å². The van der Waals surface area contributed by atoms with Gasteiger partial charge in [-0.1, -0.05) is 23.7 Å². The summed E-state index contributed by atoms with van der Waals surface area (Å²) in [4.78, 5) is 12.2. The highest BCUT2D eigenvalue weighted by molar-refractivity contribution is 6.32. The molecule has 0 spiro atoms. The molecule has 0 saturated heterocycles. The Bertz CT molecular complexity index is 746. The highest BCUT2D eigenvalue weighted by atomic mass is 35.5. The molecule has 0 bridgehead atoms. The van der Waals surface area contributed by atoms with Crippen molar-refractivity contribution in [1.29, 1.82) is 0 Å². The number of fused-ring (bicyclic) bond motifs is 1. The van der Waals surface area contributed by atoms with E-state index in [0.29, 0.717) is 54.9 Å². The molecule has 0 saturated carbocycles. The van der Waals surface area contributed by atoms with Crippen molar-refractivity contribution in [3.63, 3.8) is 0 Å². The number of rotatable bonds is 6. The molecule has 1 heterocycles. The fraction of sp³-hybridized carbons (Fsp3) is 0.316. The molecule has 0 fully saturated rings. The van der Waals surface area contributed by atoms with Gasteiger partial charge in [-0.2, -0.15) is 0 Å². The normalized spacial score (nSPS) is 12.7.